The molecule has 1 fully saturated rings. The summed E-state index contributed by atoms with van der Waals surface area (Å²) in [6.45, 7) is 1.27. The van der Waals surface area contributed by atoms with Gasteiger partial charge in [0.1, 0.15) is 0 Å². The van der Waals surface area contributed by atoms with E-state index in [1.807, 2.05) is 0 Å². The summed E-state index contributed by atoms with van der Waals surface area (Å²) in [7, 11) is 0. The van der Waals surface area contributed by atoms with Crippen LogP contribution >= 0.6 is 12.2 Å². The average molecular weight is 173 g/mol. The Bertz CT molecular complexity index is 134. The van der Waals surface area contributed by atoms with Gasteiger partial charge in [0.05, 0.1) is 11.6 Å². The van der Waals surface area contributed by atoms with Crippen molar-refractivity contribution in [2.75, 3.05) is 13.2 Å². The predicted molar refractivity (Wildman–Crippen MR) is 49.6 cm³/mol. The molecule has 1 saturated carbocycles. The van der Waals surface area contributed by atoms with Crippen molar-refractivity contribution in [3.05, 3.63) is 0 Å². The van der Waals surface area contributed by atoms with Crippen LogP contribution in [0.2, 0.25) is 0 Å². The summed E-state index contributed by atoms with van der Waals surface area (Å²) < 4.78 is 5.24. The maximum Gasteiger partial charge on any atom is 0.0989 e. The molecule has 11 heavy (non-hydrogen) atoms. The van der Waals surface area contributed by atoms with E-state index in [1.165, 1.54) is 25.7 Å². The Kier molecular flexibility index (Phi) is 3.80. The van der Waals surface area contributed by atoms with Crippen LogP contribution in [-0.4, -0.2) is 18.2 Å². The standard InChI is InChI=1S/C8H15NOS/c9-8(11)6-10-5-4-7-2-1-3-7/h7H,1-6H2,(H2,9,11). The van der Waals surface area contributed by atoms with Gasteiger partial charge < -0.3 is 10.5 Å². The lowest BCUT2D eigenvalue weighted by Crippen LogP contribution is -2.18. The van der Waals surface area contributed by atoms with Crippen molar-refractivity contribution in [1.29, 1.82) is 0 Å². The zero-order chi connectivity index (χ0) is 8.10. The highest BCUT2D eigenvalue weighted by Crippen LogP contribution is 2.28. The molecule has 3 heteroatoms. The van der Waals surface area contributed by atoms with E-state index in [-0.39, 0.29) is 0 Å². The molecule has 1 aliphatic rings. The van der Waals surface area contributed by atoms with Crippen molar-refractivity contribution in [2.24, 2.45) is 11.7 Å². The van der Waals surface area contributed by atoms with Gasteiger partial charge in [0.15, 0.2) is 0 Å². The number of ether oxygens (including phenoxy) is 1. The third kappa shape index (κ3) is 3.68. The zero-order valence-corrected chi connectivity index (χ0v) is 7.53. The molecule has 0 atom stereocenters. The number of hydrogen-bond acceptors (Lipinski definition) is 2. The Hall–Kier alpha value is -0.150. The van der Waals surface area contributed by atoms with Gasteiger partial charge in [0, 0.05) is 6.61 Å². The van der Waals surface area contributed by atoms with Crippen molar-refractivity contribution in [1.82, 2.24) is 0 Å². The molecule has 2 N–H and O–H groups in total. The van der Waals surface area contributed by atoms with Gasteiger partial charge >= 0.3 is 0 Å². The van der Waals surface area contributed by atoms with Crippen LogP contribution in [0.1, 0.15) is 25.7 Å². The first kappa shape index (κ1) is 8.94. The molecule has 64 valence electrons. The van der Waals surface area contributed by atoms with E-state index in [2.05, 4.69) is 12.2 Å². The van der Waals surface area contributed by atoms with E-state index >= 15 is 0 Å². The van der Waals surface area contributed by atoms with Crippen LogP contribution in [0.15, 0.2) is 0 Å². The first-order chi connectivity index (χ1) is 5.29. The van der Waals surface area contributed by atoms with Crippen LogP contribution in [0.3, 0.4) is 0 Å². The highest BCUT2D eigenvalue weighted by atomic mass is 32.1. The zero-order valence-electron chi connectivity index (χ0n) is 6.71. The Morgan fingerprint density at radius 3 is 2.73 bits per heavy atom. The van der Waals surface area contributed by atoms with Crippen molar-refractivity contribution in [2.45, 2.75) is 25.7 Å². The molecule has 0 bridgehead atoms. The van der Waals surface area contributed by atoms with Crippen LogP contribution in [0.5, 0.6) is 0 Å². The van der Waals surface area contributed by atoms with Gasteiger partial charge in [-0.05, 0) is 12.3 Å². The highest BCUT2D eigenvalue weighted by molar-refractivity contribution is 7.80. The van der Waals surface area contributed by atoms with Gasteiger partial charge in [-0.15, -0.1) is 0 Å². The molecule has 0 heterocycles. The first-order valence-electron chi connectivity index (χ1n) is 4.15. The second-order valence-electron chi connectivity index (χ2n) is 3.10. The third-order valence-electron chi connectivity index (χ3n) is 2.14. The minimum absolute atomic E-state index is 0.446. The molecule has 0 aliphatic heterocycles. The van der Waals surface area contributed by atoms with Gasteiger partial charge in [0.25, 0.3) is 0 Å². The third-order valence-corrected chi connectivity index (χ3v) is 2.26. The largest absolute Gasteiger partial charge is 0.391 e. The molecule has 0 aromatic heterocycles. The fourth-order valence-corrected chi connectivity index (χ4v) is 1.29. The lowest BCUT2D eigenvalue weighted by molar-refractivity contribution is 0.135. The second kappa shape index (κ2) is 4.67. The molecule has 2 nitrogen and oxygen atoms in total. The minimum atomic E-state index is 0.446. The van der Waals surface area contributed by atoms with Crippen molar-refractivity contribution >= 4 is 17.2 Å². The quantitative estimate of drug-likeness (QED) is 0.505. The van der Waals surface area contributed by atoms with Gasteiger partial charge in [-0.2, -0.15) is 0 Å². The maximum absolute atomic E-state index is 5.26. The SMILES string of the molecule is NC(=S)COCCC1CCC1. The van der Waals surface area contributed by atoms with Crippen LogP contribution in [0, 0.1) is 5.92 Å². The van der Waals surface area contributed by atoms with Crippen molar-refractivity contribution in [3.63, 3.8) is 0 Å². The van der Waals surface area contributed by atoms with E-state index in [0.29, 0.717) is 11.6 Å². The van der Waals surface area contributed by atoms with E-state index < -0.39 is 0 Å². The Morgan fingerprint density at radius 1 is 1.55 bits per heavy atom. The average Bonchev–Trinajstić information content (AvgIpc) is 1.82. The van der Waals surface area contributed by atoms with Gasteiger partial charge in [0.2, 0.25) is 0 Å². The molecule has 0 unspecified atom stereocenters. The van der Waals surface area contributed by atoms with Crippen LogP contribution in [0.25, 0.3) is 0 Å². The van der Waals surface area contributed by atoms with E-state index in [0.717, 1.165) is 12.5 Å². The fourth-order valence-electron chi connectivity index (χ4n) is 1.20. The highest BCUT2D eigenvalue weighted by Gasteiger charge is 2.16. The van der Waals surface area contributed by atoms with Crippen LogP contribution < -0.4 is 5.73 Å². The number of thiocarbonyl (C=S) groups is 1. The molecule has 0 spiro atoms. The Balaban J connectivity index is 1.83. The first-order valence-corrected chi connectivity index (χ1v) is 4.56. The summed E-state index contributed by atoms with van der Waals surface area (Å²) in [5, 5.41) is 0. The van der Waals surface area contributed by atoms with Crippen LogP contribution in [-0.2, 0) is 4.74 Å². The Morgan fingerprint density at radius 2 is 2.27 bits per heavy atom. The van der Waals surface area contributed by atoms with Gasteiger partial charge in [-0.3, -0.25) is 0 Å². The lowest BCUT2D eigenvalue weighted by atomic mass is 9.83. The number of hydrogen-bond donors (Lipinski definition) is 1. The summed E-state index contributed by atoms with van der Waals surface area (Å²) in [5.41, 5.74) is 5.26. The molecule has 0 saturated heterocycles. The molecular weight excluding hydrogens is 158 g/mol. The lowest BCUT2D eigenvalue weighted by Gasteiger charge is -2.24. The smallest absolute Gasteiger partial charge is 0.0989 e. The summed E-state index contributed by atoms with van der Waals surface area (Å²) in [6.07, 6.45) is 5.36. The van der Waals surface area contributed by atoms with Crippen molar-refractivity contribution < 1.29 is 4.74 Å². The topological polar surface area (TPSA) is 35.2 Å². The molecule has 1 aliphatic carbocycles. The van der Waals surface area contributed by atoms with E-state index in [1.54, 1.807) is 0 Å². The molecule has 0 aromatic rings. The van der Waals surface area contributed by atoms with Gasteiger partial charge in [-0.25, -0.2) is 0 Å². The van der Waals surface area contributed by atoms with Crippen molar-refractivity contribution in [3.8, 4) is 0 Å². The molecule has 0 amide bonds. The summed E-state index contributed by atoms with van der Waals surface area (Å²) in [4.78, 5) is 0.457. The molecule has 1 rings (SSSR count). The minimum Gasteiger partial charge on any atom is -0.391 e. The van der Waals surface area contributed by atoms with Crippen LogP contribution in [0.4, 0.5) is 0 Å². The summed E-state index contributed by atoms with van der Waals surface area (Å²) in [5.74, 6) is 0.918. The Labute approximate surface area is 73.1 Å². The number of rotatable bonds is 5. The maximum atomic E-state index is 5.26. The second-order valence-corrected chi connectivity index (χ2v) is 3.63. The number of nitrogens with two attached hydrogens (primary N) is 1. The normalized spacial score (nSPS) is 17.8. The van der Waals surface area contributed by atoms with Gasteiger partial charge in [-0.1, -0.05) is 31.5 Å². The van der Waals surface area contributed by atoms with E-state index in [4.69, 9.17) is 10.5 Å². The summed E-state index contributed by atoms with van der Waals surface area (Å²) >= 11 is 4.67. The fraction of sp³-hybridized carbons (Fsp3) is 0.875. The molecule has 0 aromatic carbocycles. The predicted octanol–water partition coefficient (Wildman–Crippen LogP) is 1.48. The van der Waals surface area contributed by atoms with E-state index in [9.17, 15) is 0 Å². The molecule has 0 radical (unpaired) electrons. The molecular formula is C8H15NOS. The summed E-state index contributed by atoms with van der Waals surface area (Å²) in [6, 6.07) is 0. The monoisotopic (exact) mass is 173 g/mol.